The zero-order valence-electron chi connectivity index (χ0n) is 3.62. The minimum Gasteiger partial charge on any atom is 0 e. The van der Waals surface area contributed by atoms with E-state index < -0.39 is 0 Å². The Bertz CT molecular complexity index is 11.6. The first-order chi connectivity index (χ1) is 0. The minimum absolute atomic E-state index is 0. The van der Waals surface area contributed by atoms with Gasteiger partial charge in [0.1, 0.15) is 0 Å². The normalized spacial score (nSPS) is 0. The first-order valence-electron chi connectivity index (χ1n) is 0. The summed E-state index contributed by atoms with van der Waals surface area (Å²) in [6.45, 7) is 0. The Labute approximate surface area is 159 Å². The maximum Gasteiger partial charge on any atom is 0 e. The summed E-state index contributed by atoms with van der Waals surface area (Å²) in [4.78, 5) is 0. The second-order valence-electron chi connectivity index (χ2n) is 0. The summed E-state index contributed by atoms with van der Waals surface area (Å²) in [5.74, 6) is 0. The molecule has 5 heteroatoms. The van der Waals surface area contributed by atoms with Crippen LogP contribution in [0.3, 0.4) is 0 Å². The van der Waals surface area contributed by atoms with Crippen molar-refractivity contribution < 1.29 is 66.7 Å². The molecule has 0 saturated carbocycles. The van der Waals surface area contributed by atoms with Crippen molar-refractivity contribution in [2.24, 2.45) is 0 Å². The third-order valence-electron chi connectivity index (χ3n) is 0. The number of hydrogen-bond acceptors (Lipinski definition) is 0. The third-order valence-corrected chi connectivity index (χ3v) is 0. The van der Waals surface area contributed by atoms with E-state index in [0.29, 0.717) is 0 Å². The Morgan fingerprint density at radius 1 is 1.00 bits per heavy atom. The molecule has 0 rings (SSSR count). The Balaban J connectivity index is 0. The van der Waals surface area contributed by atoms with Crippen molar-refractivity contribution in [2.45, 2.75) is 0 Å². The van der Waals surface area contributed by atoms with Gasteiger partial charge in [0.2, 0.25) is 0 Å². The van der Waals surface area contributed by atoms with Gasteiger partial charge < -0.3 is 0 Å². The van der Waals surface area contributed by atoms with E-state index in [4.69, 9.17) is 0 Å². The van der Waals surface area contributed by atoms with E-state index in [9.17, 15) is 0 Å². The maximum absolute atomic E-state index is 0. The molecule has 0 fully saturated rings. The third kappa shape index (κ3) is 17.6. The SMILES string of the molecule is [B].[Ca].[Co].[Fr].[K]. The van der Waals surface area contributed by atoms with Crippen LogP contribution < -0.4 is 0 Å². The number of hydrogen-bond donors (Lipinski definition) is 0. The Morgan fingerprint density at radius 3 is 1.00 bits per heavy atom. The first-order valence-corrected chi connectivity index (χ1v) is 0. The molecule has 0 unspecified atom stereocenters. The molecule has 0 bridgehead atoms. The molecule has 0 aliphatic heterocycles. The molecule has 8 radical (unpaired) electrons. The van der Waals surface area contributed by atoms with E-state index in [1.165, 1.54) is 0 Å². The van der Waals surface area contributed by atoms with E-state index in [2.05, 4.69) is 0 Å². The number of rotatable bonds is 0. The molecule has 5 heavy (non-hydrogen) atoms. The van der Waals surface area contributed by atoms with Crippen molar-refractivity contribution in [1.29, 1.82) is 0 Å². The molecule has 0 aromatic carbocycles. The van der Waals surface area contributed by atoms with Crippen LogP contribution in [0, 0.1) is 49.9 Å². The summed E-state index contributed by atoms with van der Waals surface area (Å²) in [5.41, 5.74) is 0. The van der Waals surface area contributed by atoms with Crippen LogP contribution >= 0.6 is 0 Å². The van der Waals surface area contributed by atoms with Crippen LogP contribution in [0.2, 0.25) is 0 Å². The van der Waals surface area contributed by atoms with Gasteiger partial charge in [0, 0.05) is 164 Å². The second-order valence-corrected chi connectivity index (χ2v) is 0. The summed E-state index contributed by atoms with van der Waals surface area (Å²) in [7, 11) is 0. The molecule has 0 nitrogen and oxygen atoms in total. The van der Waals surface area contributed by atoms with E-state index in [-0.39, 0.29) is 164 Å². The second kappa shape index (κ2) is 23.0. The van der Waals surface area contributed by atoms with Crippen molar-refractivity contribution in [2.75, 3.05) is 0 Å². The molecule has 0 N–H and O–H groups in total. The average molecular weight is 372 g/mol. The molecule has 0 spiro atoms. The predicted octanol–water partition coefficient (Wildman–Crippen LogP) is -1.14. The molecule has 0 heterocycles. The van der Waals surface area contributed by atoms with Crippen molar-refractivity contribution >= 4 is 97.5 Å². The quantitative estimate of drug-likeness (QED) is 0.472. The van der Waals surface area contributed by atoms with Crippen LogP contribution in [0.25, 0.3) is 0 Å². The largest absolute Gasteiger partial charge is 0 e. The zero-order valence-corrected chi connectivity index (χ0v) is 18.2. The van der Waals surface area contributed by atoms with Gasteiger partial charge in [-0.1, -0.05) is 0 Å². The van der Waals surface area contributed by atoms with Gasteiger partial charge in [-0.25, -0.2) is 0 Å². The Kier molecular flexibility index (Phi) is 148. The van der Waals surface area contributed by atoms with Gasteiger partial charge in [-0.2, -0.15) is 0 Å². The van der Waals surface area contributed by atoms with Crippen LogP contribution in [-0.2, 0) is 16.8 Å². The molecule has 0 aliphatic rings. The van der Waals surface area contributed by atoms with Crippen LogP contribution in [0.1, 0.15) is 0 Å². The molecule has 0 amide bonds. The van der Waals surface area contributed by atoms with Crippen molar-refractivity contribution in [3.05, 3.63) is 0 Å². The van der Waals surface area contributed by atoms with Gasteiger partial charge in [0.15, 0.2) is 0 Å². The van der Waals surface area contributed by atoms with Gasteiger partial charge in [-0.3, -0.25) is 0 Å². The summed E-state index contributed by atoms with van der Waals surface area (Å²) in [5, 5.41) is 0. The summed E-state index contributed by atoms with van der Waals surface area (Å²) < 4.78 is 0. The molecular formula is BCaCoFrK. The van der Waals surface area contributed by atoms with Crippen molar-refractivity contribution in [3.63, 3.8) is 0 Å². The zero-order chi connectivity index (χ0) is 0. The molecule has 0 aromatic rings. The van der Waals surface area contributed by atoms with Crippen molar-refractivity contribution in [3.8, 4) is 0 Å². The standard InChI is InChI=1S/B.Ca.Co.Fr.K. The van der Waals surface area contributed by atoms with Crippen LogP contribution in [0.15, 0.2) is 0 Å². The van der Waals surface area contributed by atoms with E-state index in [1.807, 2.05) is 0 Å². The predicted molar refractivity (Wildman–Crippen MR) is 17.3 cm³/mol. The van der Waals surface area contributed by atoms with Gasteiger partial charge in [0.05, 0.1) is 0 Å². The fourth-order valence-electron chi connectivity index (χ4n) is 0. The fourth-order valence-corrected chi connectivity index (χ4v) is 0. The van der Waals surface area contributed by atoms with E-state index in [0.717, 1.165) is 0 Å². The van der Waals surface area contributed by atoms with E-state index >= 15 is 0 Å². The Hall–Kier alpha value is 5.06. The summed E-state index contributed by atoms with van der Waals surface area (Å²) >= 11 is 0. The maximum atomic E-state index is 0. The molecule has 0 atom stereocenters. The first kappa shape index (κ1) is 32.2. The van der Waals surface area contributed by atoms with Gasteiger partial charge in [-0.05, 0) is 0 Å². The summed E-state index contributed by atoms with van der Waals surface area (Å²) in [6, 6.07) is 0. The minimum atomic E-state index is 0. The monoisotopic (exact) mass is 372 g/mol. The average Bonchev–Trinajstić information content (AvgIpc) is 0. The molecule has 0 aliphatic carbocycles. The van der Waals surface area contributed by atoms with Crippen LogP contribution in [0.4, 0.5) is 0 Å². The fraction of sp³-hybridized carbons (Fsp3) is 0. The molecular weight excluding hydrogens is 372 g/mol. The molecule has 16 valence electrons. The van der Waals surface area contributed by atoms with Crippen LogP contribution in [-0.4, -0.2) is 97.5 Å². The topological polar surface area (TPSA) is 0 Å². The van der Waals surface area contributed by atoms with Gasteiger partial charge >= 0.3 is 0 Å². The van der Waals surface area contributed by atoms with Crippen LogP contribution in [0.5, 0.6) is 0 Å². The van der Waals surface area contributed by atoms with E-state index in [1.54, 1.807) is 0 Å². The molecule has 0 aromatic heterocycles. The van der Waals surface area contributed by atoms with Crippen molar-refractivity contribution in [1.82, 2.24) is 0 Å². The Morgan fingerprint density at radius 2 is 1.00 bits per heavy atom. The molecule has 0 saturated heterocycles. The summed E-state index contributed by atoms with van der Waals surface area (Å²) in [6.07, 6.45) is 0. The van der Waals surface area contributed by atoms with Gasteiger partial charge in [0.25, 0.3) is 0 Å². The van der Waals surface area contributed by atoms with Gasteiger partial charge in [-0.15, -0.1) is 0 Å². The smallest absolute Gasteiger partial charge is 0 e.